The molecular formula is C25H32N4O7S. The maximum atomic E-state index is 12.7. The fraction of sp³-hybridized carbons (Fsp3) is 0.400. The van der Waals surface area contributed by atoms with Gasteiger partial charge in [-0.05, 0) is 43.8 Å². The summed E-state index contributed by atoms with van der Waals surface area (Å²) in [5, 5.41) is 12.0. The first-order chi connectivity index (χ1) is 17.5. The smallest absolute Gasteiger partial charge is 0.415 e. The summed E-state index contributed by atoms with van der Waals surface area (Å²) >= 11 is 0. The van der Waals surface area contributed by atoms with Crippen LogP contribution in [0.1, 0.15) is 11.1 Å². The Labute approximate surface area is 216 Å². The molecule has 1 aliphatic heterocycles. The monoisotopic (exact) mass is 532 g/mol. The minimum Gasteiger partial charge on any atom is -0.480 e. The van der Waals surface area contributed by atoms with Crippen molar-refractivity contribution >= 4 is 28.0 Å². The quantitative estimate of drug-likeness (QED) is 0.491. The highest BCUT2D eigenvalue weighted by atomic mass is 32.2. The van der Waals surface area contributed by atoms with Gasteiger partial charge in [0.25, 0.3) is 0 Å². The molecule has 0 saturated carbocycles. The van der Waals surface area contributed by atoms with E-state index in [4.69, 9.17) is 4.74 Å². The highest BCUT2D eigenvalue weighted by Gasteiger charge is 2.26. The molecular weight excluding hydrogens is 500 g/mol. The summed E-state index contributed by atoms with van der Waals surface area (Å²) in [5.41, 5.74) is 1.48. The van der Waals surface area contributed by atoms with E-state index < -0.39 is 40.6 Å². The predicted octanol–water partition coefficient (Wildman–Crippen LogP) is 1.17. The summed E-state index contributed by atoms with van der Waals surface area (Å²) < 4.78 is 31.7. The van der Waals surface area contributed by atoms with Gasteiger partial charge in [-0.25, -0.2) is 18.0 Å². The van der Waals surface area contributed by atoms with Gasteiger partial charge in [0.05, 0.1) is 11.4 Å². The number of hydrogen-bond donors (Lipinski definition) is 2. The molecule has 1 saturated heterocycles. The Hall–Kier alpha value is -3.48. The maximum absolute atomic E-state index is 12.7. The van der Waals surface area contributed by atoms with Crippen LogP contribution in [-0.4, -0.2) is 98.5 Å². The lowest BCUT2D eigenvalue weighted by Gasteiger charge is -2.31. The molecule has 1 heterocycles. The number of aryl methyl sites for hydroxylation is 1. The van der Waals surface area contributed by atoms with Crippen LogP contribution in [-0.2, 0) is 26.0 Å². The van der Waals surface area contributed by atoms with Gasteiger partial charge in [0.1, 0.15) is 11.8 Å². The third-order valence-corrected chi connectivity index (χ3v) is 7.88. The van der Waals surface area contributed by atoms with Crippen molar-refractivity contribution < 1.29 is 32.6 Å². The molecule has 1 fully saturated rings. The fourth-order valence-electron chi connectivity index (χ4n) is 3.70. The second-order valence-electron chi connectivity index (χ2n) is 9.04. The van der Waals surface area contributed by atoms with Gasteiger partial charge in [0.15, 0.2) is 0 Å². The van der Waals surface area contributed by atoms with Crippen LogP contribution in [0.5, 0.6) is 5.75 Å². The highest BCUT2D eigenvalue weighted by Crippen LogP contribution is 2.17. The number of benzene rings is 2. The second kappa shape index (κ2) is 12.2. The van der Waals surface area contributed by atoms with Crippen molar-refractivity contribution in [1.82, 2.24) is 19.4 Å². The molecule has 2 aromatic carbocycles. The lowest BCUT2D eigenvalue weighted by Crippen LogP contribution is -2.48. The summed E-state index contributed by atoms with van der Waals surface area (Å²) in [4.78, 5) is 40.4. The Bertz CT molecular complexity index is 1210. The van der Waals surface area contributed by atoms with Gasteiger partial charge in [-0.2, -0.15) is 4.31 Å². The lowest BCUT2D eigenvalue weighted by atomic mass is 10.1. The SMILES string of the molecule is Cc1ccc(S(=O)(=O)N(C)CC(=O)N[C@@H](Cc2ccc(OC(=O)N3CCN(C)CC3)cc2)C(=O)O)cc1. The minimum atomic E-state index is -3.91. The van der Waals surface area contributed by atoms with Gasteiger partial charge in [-0.1, -0.05) is 29.8 Å². The molecule has 37 heavy (non-hydrogen) atoms. The second-order valence-corrected chi connectivity index (χ2v) is 11.1. The number of amides is 2. The van der Waals surface area contributed by atoms with Crippen LogP contribution in [0.3, 0.4) is 0 Å². The van der Waals surface area contributed by atoms with Crippen molar-refractivity contribution in [3.63, 3.8) is 0 Å². The summed E-state index contributed by atoms with van der Waals surface area (Å²) in [6.07, 6.45) is -0.483. The van der Waals surface area contributed by atoms with Crippen molar-refractivity contribution in [2.45, 2.75) is 24.3 Å². The van der Waals surface area contributed by atoms with Gasteiger partial charge < -0.3 is 25.0 Å². The Balaban J connectivity index is 1.55. The zero-order valence-corrected chi connectivity index (χ0v) is 21.9. The Morgan fingerprint density at radius 2 is 1.62 bits per heavy atom. The zero-order chi connectivity index (χ0) is 27.2. The molecule has 0 aromatic heterocycles. The molecule has 12 heteroatoms. The molecule has 2 N–H and O–H groups in total. The number of hydrogen-bond acceptors (Lipinski definition) is 7. The van der Waals surface area contributed by atoms with E-state index in [9.17, 15) is 27.9 Å². The van der Waals surface area contributed by atoms with Gasteiger partial charge in [0, 0.05) is 39.6 Å². The number of ether oxygens (including phenoxy) is 1. The number of carboxylic acid groups (broad SMARTS) is 1. The van der Waals surface area contributed by atoms with E-state index in [2.05, 4.69) is 10.2 Å². The summed E-state index contributed by atoms with van der Waals surface area (Å²) in [6, 6.07) is 11.3. The average molecular weight is 533 g/mol. The summed E-state index contributed by atoms with van der Waals surface area (Å²) in [5.74, 6) is -1.68. The number of rotatable bonds is 9. The van der Waals surface area contributed by atoms with Crippen LogP contribution in [0.15, 0.2) is 53.4 Å². The Morgan fingerprint density at radius 1 is 1.03 bits per heavy atom. The number of nitrogens with one attached hydrogen (secondary N) is 1. The molecule has 2 aromatic rings. The third-order valence-electron chi connectivity index (χ3n) is 6.06. The zero-order valence-electron chi connectivity index (χ0n) is 21.1. The standard InChI is InChI=1S/C25H32N4O7S/c1-18-4-10-21(11-5-18)37(34,35)28(3)17-23(30)26-22(24(31)32)16-19-6-8-20(9-7-19)36-25(33)29-14-12-27(2)13-15-29/h4-11,22H,12-17H2,1-3H3,(H,26,30)(H,31,32)/t22-/m0/s1. The largest absolute Gasteiger partial charge is 0.480 e. The number of carbonyl (C=O) groups excluding carboxylic acids is 2. The highest BCUT2D eigenvalue weighted by molar-refractivity contribution is 7.89. The fourth-order valence-corrected chi connectivity index (χ4v) is 4.83. The van der Waals surface area contributed by atoms with E-state index in [1.54, 1.807) is 41.3 Å². The average Bonchev–Trinajstić information content (AvgIpc) is 2.85. The van der Waals surface area contributed by atoms with Crippen LogP contribution < -0.4 is 10.1 Å². The first kappa shape index (κ1) is 28.1. The van der Waals surface area contributed by atoms with E-state index in [1.807, 2.05) is 14.0 Å². The number of carboxylic acids is 1. The normalized spacial score (nSPS) is 15.3. The van der Waals surface area contributed by atoms with E-state index in [0.29, 0.717) is 24.4 Å². The van der Waals surface area contributed by atoms with Crippen LogP contribution in [0.25, 0.3) is 0 Å². The van der Waals surface area contributed by atoms with Gasteiger partial charge in [-0.15, -0.1) is 0 Å². The molecule has 1 atom stereocenters. The first-order valence-electron chi connectivity index (χ1n) is 11.7. The minimum absolute atomic E-state index is 0.0385. The number of aliphatic carboxylic acids is 1. The molecule has 0 aliphatic carbocycles. The number of piperazine rings is 1. The molecule has 0 radical (unpaired) electrons. The summed E-state index contributed by atoms with van der Waals surface area (Å²) in [7, 11) is -0.671. The van der Waals surface area contributed by atoms with E-state index in [0.717, 1.165) is 23.0 Å². The van der Waals surface area contributed by atoms with Gasteiger partial charge >= 0.3 is 12.1 Å². The van der Waals surface area contributed by atoms with Crippen molar-refractivity contribution in [2.75, 3.05) is 46.8 Å². The Morgan fingerprint density at radius 3 is 2.19 bits per heavy atom. The van der Waals surface area contributed by atoms with Gasteiger partial charge in [0.2, 0.25) is 15.9 Å². The molecule has 2 amide bonds. The van der Waals surface area contributed by atoms with Crippen LogP contribution in [0.2, 0.25) is 0 Å². The third kappa shape index (κ3) is 7.75. The summed E-state index contributed by atoms with van der Waals surface area (Å²) in [6.45, 7) is 3.98. The number of nitrogens with zero attached hydrogens (tertiary/aromatic N) is 3. The van der Waals surface area contributed by atoms with Crippen LogP contribution in [0.4, 0.5) is 4.79 Å². The van der Waals surface area contributed by atoms with Crippen LogP contribution >= 0.6 is 0 Å². The molecule has 3 rings (SSSR count). The van der Waals surface area contributed by atoms with Crippen molar-refractivity contribution in [1.29, 1.82) is 0 Å². The van der Waals surface area contributed by atoms with Gasteiger partial charge in [-0.3, -0.25) is 4.79 Å². The van der Waals surface area contributed by atoms with Crippen molar-refractivity contribution in [2.24, 2.45) is 0 Å². The number of likely N-dealkylation sites (N-methyl/N-ethyl adjacent to an activating group) is 2. The lowest BCUT2D eigenvalue weighted by molar-refractivity contribution is -0.141. The number of sulfonamides is 1. The van der Waals surface area contributed by atoms with Crippen LogP contribution in [0, 0.1) is 6.92 Å². The molecule has 1 aliphatic rings. The maximum Gasteiger partial charge on any atom is 0.415 e. The molecule has 0 spiro atoms. The molecule has 11 nitrogen and oxygen atoms in total. The first-order valence-corrected chi connectivity index (χ1v) is 13.2. The van der Waals surface area contributed by atoms with E-state index in [-0.39, 0.29) is 11.3 Å². The van der Waals surface area contributed by atoms with E-state index >= 15 is 0 Å². The van der Waals surface area contributed by atoms with E-state index in [1.165, 1.54) is 19.2 Å². The Kier molecular flexibility index (Phi) is 9.24. The molecule has 0 bridgehead atoms. The molecule has 0 unspecified atom stereocenters. The predicted molar refractivity (Wildman–Crippen MR) is 136 cm³/mol. The number of carbonyl (C=O) groups is 3. The van der Waals surface area contributed by atoms with Crippen molar-refractivity contribution in [3.8, 4) is 5.75 Å². The molecule has 200 valence electrons. The topological polar surface area (TPSA) is 137 Å². The van der Waals surface area contributed by atoms with Crippen molar-refractivity contribution in [3.05, 3.63) is 59.7 Å².